The van der Waals surface area contributed by atoms with Crippen LogP contribution in [0.5, 0.6) is 0 Å². The highest BCUT2D eigenvalue weighted by atomic mass is 15.3. The predicted octanol–water partition coefficient (Wildman–Crippen LogP) is 2.12. The quantitative estimate of drug-likeness (QED) is 0.635. The van der Waals surface area contributed by atoms with Gasteiger partial charge in [-0.1, -0.05) is 6.07 Å². The summed E-state index contributed by atoms with van der Waals surface area (Å²) >= 11 is 0. The molecule has 14 heavy (non-hydrogen) atoms. The van der Waals surface area contributed by atoms with Crippen LogP contribution in [0.1, 0.15) is 11.4 Å². The van der Waals surface area contributed by atoms with E-state index in [4.69, 9.17) is 0 Å². The molecule has 0 radical (unpaired) electrons. The van der Waals surface area contributed by atoms with Gasteiger partial charge in [-0.25, -0.2) is 0 Å². The summed E-state index contributed by atoms with van der Waals surface area (Å²) < 4.78 is 1.87. The van der Waals surface area contributed by atoms with E-state index in [9.17, 15) is 0 Å². The van der Waals surface area contributed by atoms with Crippen LogP contribution in [0, 0.1) is 13.8 Å². The highest BCUT2D eigenvalue weighted by molar-refractivity contribution is 5.05. The summed E-state index contributed by atoms with van der Waals surface area (Å²) in [7, 11) is 1.95. The average Bonchev–Trinajstić information content (AvgIpc) is 2.48. The molecule has 0 bridgehead atoms. The number of aromatic nitrogens is 3. The van der Waals surface area contributed by atoms with Gasteiger partial charge in [-0.3, -0.25) is 9.67 Å². The maximum Gasteiger partial charge on any atom is 0.0596 e. The molecule has 0 aromatic carbocycles. The van der Waals surface area contributed by atoms with Crippen LogP contribution in [-0.4, -0.2) is 14.8 Å². The zero-order valence-corrected chi connectivity index (χ0v) is 8.81. The van der Waals surface area contributed by atoms with Gasteiger partial charge in [0.15, 0.2) is 0 Å². The third kappa shape index (κ3) is 3.39. The topological polar surface area (TPSA) is 30.7 Å². The van der Waals surface area contributed by atoms with Crippen molar-refractivity contribution in [1.29, 1.82) is 0 Å². The average molecular weight is 189 g/mol. The van der Waals surface area contributed by atoms with Gasteiger partial charge >= 0.3 is 0 Å². The number of pyridine rings is 1. The lowest BCUT2D eigenvalue weighted by atomic mass is 10.4. The SMILES string of the molecule is Cc1cc(C)n(C)n1.c1ccncc1. The van der Waals surface area contributed by atoms with Gasteiger partial charge in [-0.05, 0) is 32.0 Å². The Kier molecular flexibility index (Phi) is 3.85. The molecule has 2 aromatic heterocycles. The molecule has 0 N–H and O–H groups in total. The van der Waals surface area contributed by atoms with E-state index in [1.54, 1.807) is 12.4 Å². The van der Waals surface area contributed by atoms with Crippen molar-refractivity contribution < 1.29 is 0 Å². The molecule has 0 saturated heterocycles. The van der Waals surface area contributed by atoms with Crippen molar-refractivity contribution in [2.24, 2.45) is 7.05 Å². The van der Waals surface area contributed by atoms with E-state index < -0.39 is 0 Å². The zero-order chi connectivity index (χ0) is 10.4. The first kappa shape index (κ1) is 10.4. The lowest BCUT2D eigenvalue weighted by Crippen LogP contribution is -1.91. The first-order valence-corrected chi connectivity index (χ1v) is 4.52. The van der Waals surface area contributed by atoms with Gasteiger partial charge in [-0.15, -0.1) is 0 Å². The number of hydrogen-bond acceptors (Lipinski definition) is 2. The summed E-state index contributed by atoms with van der Waals surface area (Å²) in [5.41, 5.74) is 2.30. The van der Waals surface area contributed by atoms with E-state index in [0.717, 1.165) is 5.69 Å². The largest absolute Gasteiger partial charge is 0.273 e. The molecule has 0 atom stereocenters. The Morgan fingerprint density at radius 2 is 1.71 bits per heavy atom. The van der Waals surface area contributed by atoms with Gasteiger partial charge < -0.3 is 0 Å². The highest BCUT2D eigenvalue weighted by Gasteiger charge is 1.91. The Morgan fingerprint density at radius 1 is 1.07 bits per heavy atom. The molecule has 3 nitrogen and oxygen atoms in total. The van der Waals surface area contributed by atoms with Crippen molar-refractivity contribution in [3.63, 3.8) is 0 Å². The Labute approximate surface area is 84.4 Å². The normalized spacial score (nSPS) is 9.07. The third-order valence-corrected chi connectivity index (χ3v) is 1.80. The number of aryl methyl sites for hydroxylation is 3. The van der Waals surface area contributed by atoms with Gasteiger partial charge in [0.05, 0.1) is 5.69 Å². The molecular weight excluding hydrogens is 174 g/mol. The summed E-state index contributed by atoms with van der Waals surface area (Å²) in [6.07, 6.45) is 3.50. The minimum atomic E-state index is 1.09. The lowest BCUT2D eigenvalue weighted by molar-refractivity contribution is 0.731. The molecule has 0 amide bonds. The Bertz CT molecular complexity index is 319. The van der Waals surface area contributed by atoms with Gasteiger partial charge in [0.25, 0.3) is 0 Å². The van der Waals surface area contributed by atoms with Gasteiger partial charge in [-0.2, -0.15) is 5.10 Å². The summed E-state index contributed by atoms with van der Waals surface area (Å²) in [4.78, 5) is 3.78. The van der Waals surface area contributed by atoms with Crippen LogP contribution in [0.2, 0.25) is 0 Å². The second-order valence-electron chi connectivity index (χ2n) is 3.08. The van der Waals surface area contributed by atoms with Crippen molar-refractivity contribution >= 4 is 0 Å². The van der Waals surface area contributed by atoms with Crippen molar-refractivity contribution in [1.82, 2.24) is 14.8 Å². The third-order valence-electron chi connectivity index (χ3n) is 1.80. The monoisotopic (exact) mass is 189 g/mol. The Hall–Kier alpha value is -1.64. The van der Waals surface area contributed by atoms with Crippen molar-refractivity contribution in [2.45, 2.75) is 13.8 Å². The lowest BCUT2D eigenvalue weighted by Gasteiger charge is -1.87. The highest BCUT2D eigenvalue weighted by Crippen LogP contribution is 1.97. The molecule has 0 fully saturated rings. The van der Waals surface area contributed by atoms with Crippen LogP contribution in [0.3, 0.4) is 0 Å². The van der Waals surface area contributed by atoms with Crippen LogP contribution in [0.4, 0.5) is 0 Å². The summed E-state index contributed by atoms with van der Waals surface area (Å²) in [6.45, 7) is 4.03. The number of hydrogen-bond donors (Lipinski definition) is 0. The Balaban J connectivity index is 0.000000146. The molecule has 2 heterocycles. The molecule has 2 rings (SSSR count). The first-order valence-electron chi connectivity index (χ1n) is 4.52. The fraction of sp³-hybridized carbons (Fsp3) is 0.273. The molecule has 0 spiro atoms. The summed E-state index contributed by atoms with van der Waals surface area (Å²) in [5, 5.41) is 4.13. The molecule has 0 aliphatic rings. The second-order valence-corrected chi connectivity index (χ2v) is 3.08. The number of rotatable bonds is 0. The number of nitrogens with zero attached hydrogens (tertiary/aromatic N) is 3. The van der Waals surface area contributed by atoms with Crippen LogP contribution in [0.15, 0.2) is 36.7 Å². The zero-order valence-electron chi connectivity index (χ0n) is 8.81. The minimum absolute atomic E-state index is 1.09. The summed E-state index contributed by atoms with van der Waals surface area (Å²) in [6, 6.07) is 7.77. The van der Waals surface area contributed by atoms with Crippen molar-refractivity contribution in [3.05, 3.63) is 48.0 Å². The van der Waals surface area contributed by atoms with Crippen molar-refractivity contribution in [3.8, 4) is 0 Å². The standard InChI is InChI=1S/C6H10N2.C5H5N/c1-5-4-6(2)8(3)7-5;1-2-4-6-5-3-1/h4H,1-3H3;1-5H. The van der Waals surface area contributed by atoms with E-state index in [0.29, 0.717) is 0 Å². The Morgan fingerprint density at radius 3 is 1.86 bits per heavy atom. The van der Waals surface area contributed by atoms with E-state index in [1.807, 2.05) is 43.8 Å². The summed E-state index contributed by atoms with van der Waals surface area (Å²) in [5.74, 6) is 0. The van der Waals surface area contributed by atoms with Gasteiger partial charge in [0.1, 0.15) is 0 Å². The molecule has 3 heteroatoms. The van der Waals surface area contributed by atoms with Crippen molar-refractivity contribution in [2.75, 3.05) is 0 Å². The molecular formula is C11H15N3. The van der Waals surface area contributed by atoms with Crippen LogP contribution < -0.4 is 0 Å². The fourth-order valence-corrected chi connectivity index (χ4v) is 1.05. The van der Waals surface area contributed by atoms with Gasteiger partial charge in [0, 0.05) is 25.1 Å². The van der Waals surface area contributed by atoms with E-state index in [-0.39, 0.29) is 0 Å². The minimum Gasteiger partial charge on any atom is -0.273 e. The molecule has 0 aliphatic heterocycles. The maximum atomic E-state index is 4.13. The molecule has 2 aromatic rings. The van der Waals surface area contributed by atoms with Gasteiger partial charge in [0.2, 0.25) is 0 Å². The smallest absolute Gasteiger partial charge is 0.0596 e. The van der Waals surface area contributed by atoms with E-state index in [2.05, 4.69) is 16.1 Å². The van der Waals surface area contributed by atoms with E-state index in [1.165, 1.54) is 5.69 Å². The molecule has 0 aliphatic carbocycles. The first-order chi connectivity index (χ1) is 6.70. The van der Waals surface area contributed by atoms with Crippen LogP contribution >= 0.6 is 0 Å². The van der Waals surface area contributed by atoms with Crippen LogP contribution in [0.25, 0.3) is 0 Å². The fourth-order valence-electron chi connectivity index (χ4n) is 1.05. The molecule has 0 unspecified atom stereocenters. The predicted molar refractivity (Wildman–Crippen MR) is 56.9 cm³/mol. The van der Waals surface area contributed by atoms with E-state index >= 15 is 0 Å². The van der Waals surface area contributed by atoms with Crippen LogP contribution in [-0.2, 0) is 7.05 Å². The second kappa shape index (κ2) is 5.17. The molecule has 74 valence electrons. The maximum absolute atomic E-state index is 4.13. The molecule has 0 saturated carbocycles.